The molecule has 0 spiro atoms. The van der Waals surface area contributed by atoms with Gasteiger partial charge in [-0.15, -0.1) is 0 Å². The van der Waals surface area contributed by atoms with Gasteiger partial charge in [0.2, 0.25) is 0 Å². The van der Waals surface area contributed by atoms with Crippen molar-refractivity contribution in [1.29, 1.82) is 0 Å². The average Bonchev–Trinajstić information content (AvgIpc) is 2.35. The van der Waals surface area contributed by atoms with Gasteiger partial charge in [0.25, 0.3) is 0 Å². The molecular weight excluding hydrogens is 256 g/mol. The van der Waals surface area contributed by atoms with E-state index in [1.54, 1.807) is 0 Å². The van der Waals surface area contributed by atoms with Crippen LogP contribution in [0.25, 0.3) is 0 Å². The maximum atomic E-state index is 11.7. The van der Waals surface area contributed by atoms with Crippen LogP contribution in [0, 0.1) is 13.8 Å². The highest BCUT2D eigenvalue weighted by molar-refractivity contribution is 5.74. The van der Waals surface area contributed by atoms with Crippen molar-refractivity contribution in [2.24, 2.45) is 0 Å². The van der Waals surface area contributed by atoms with E-state index in [9.17, 15) is 9.59 Å². The molecule has 0 aliphatic carbocycles. The highest BCUT2D eigenvalue weighted by Gasteiger charge is 2.08. The van der Waals surface area contributed by atoms with Gasteiger partial charge in [0.1, 0.15) is 5.75 Å². The number of esters is 2. The standard InChI is InChI=1S/C16H22O4/c1-4-8-19-15(17)6-5-7-16(18)20-14-10-12(2)9-13(3)11-14/h9-11H,4-8H2,1-3H3. The molecule has 110 valence electrons. The van der Waals surface area contributed by atoms with Gasteiger partial charge in [0, 0.05) is 12.8 Å². The number of hydrogen-bond donors (Lipinski definition) is 0. The first-order chi connectivity index (χ1) is 9.51. The van der Waals surface area contributed by atoms with Gasteiger partial charge in [-0.2, -0.15) is 0 Å². The van der Waals surface area contributed by atoms with Gasteiger partial charge in [0.05, 0.1) is 6.61 Å². The SMILES string of the molecule is CCCOC(=O)CCCC(=O)Oc1cc(C)cc(C)c1. The van der Waals surface area contributed by atoms with Crippen LogP contribution in [0.3, 0.4) is 0 Å². The van der Waals surface area contributed by atoms with E-state index in [2.05, 4.69) is 0 Å². The summed E-state index contributed by atoms with van der Waals surface area (Å²) in [6.07, 6.45) is 1.73. The maximum Gasteiger partial charge on any atom is 0.311 e. The topological polar surface area (TPSA) is 52.6 Å². The van der Waals surface area contributed by atoms with Crippen LogP contribution in [0.2, 0.25) is 0 Å². The molecule has 0 bridgehead atoms. The van der Waals surface area contributed by atoms with Crippen molar-refractivity contribution < 1.29 is 19.1 Å². The molecule has 0 radical (unpaired) electrons. The van der Waals surface area contributed by atoms with Crippen molar-refractivity contribution in [2.45, 2.75) is 46.5 Å². The second-order valence-electron chi connectivity index (χ2n) is 4.87. The normalized spacial score (nSPS) is 10.2. The smallest absolute Gasteiger partial charge is 0.311 e. The molecule has 0 amide bonds. The summed E-state index contributed by atoms with van der Waals surface area (Å²) in [7, 11) is 0. The van der Waals surface area contributed by atoms with Crippen molar-refractivity contribution in [3.8, 4) is 5.75 Å². The Morgan fingerprint density at radius 1 is 1.00 bits per heavy atom. The van der Waals surface area contributed by atoms with E-state index >= 15 is 0 Å². The molecule has 0 fully saturated rings. The van der Waals surface area contributed by atoms with E-state index in [1.807, 2.05) is 39.0 Å². The molecular formula is C16H22O4. The number of hydrogen-bond acceptors (Lipinski definition) is 4. The summed E-state index contributed by atoms with van der Waals surface area (Å²) in [6.45, 7) is 6.28. The minimum absolute atomic E-state index is 0.216. The molecule has 0 saturated carbocycles. The minimum atomic E-state index is -0.321. The van der Waals surface area contributed by atoms with Gasteiger partial charge in [-0.1, -0.05) is 13.0 Å². The Morgan fingerprint density at radius 3 is 2.20 bits per heavy atom. The molecule has 0 heterocycles. The zero-order chi connectivity index (χ0) is 15.0. The third-order valence-corrected chi connectivity index (χ3v) is 2.66. The van der Waals surface area contributed by atoms with Gasteiger partial charge in [0.15, 0.2) is 0 Å². The first kappa shape index (κ1) is 16.2. The second kappa shape index (κ2) is 8.35. The van der Waals surface area contributed by atoms with Crippen LogP contribution in [0.4, 0.5) is 0 Å². The van der Waals surface area contributed by atoms with Crippen LogP contribution in [0.5, 0.6) is 5.75 Å². The molecule has 0 N–H and O–H groups in total. The zero-order valence-corrected chi connectivity index (χ0v) is 12.4. The van der Waals surface area contributed by atoms with E-state index in [-0.39, 0.29) is 24.8 Å². The highest BCUT2D eigenvalue weighted by Crippen LogP contribution is 2.17. The molecule has 0 aliphatic rings. The Labute approximate surface area is 120 Å². The van der Waals surface area contributed by atoms with Crippen LogP contribution >= 0.6 is 0 Å². The van der Waals surface area contributed by atoms with Crippen molar-refractivity contribution in [1.82, 2.24) is 0 Å². The predicted molar refractivity (Wildman–Crippen MR) is 76.7 cm³/mol. The van der Waals surface area contributed by atoms with Gasteiger partial charge in [-0.25, -0.2) is 0 Å². The molecule has 0 atom stereocenters. The lowest BCUT2D eigenvalue weighted by molar-refractivity contribution is -0.144. The third kappa shape index (κ3) is 6.36. The fourth-order valence-electron chi connectivity index (χ4n) is 1.84. The summed E-state index contributed by atoms with van der Waals surface area (Å²) in [5.41, 5.74) is 2.10. The summed E-state index contributed by atoms with van der Waals surface area (Å²) < 4.78 is 10.2. The summed E-state index contributed by atoms with van der Waals surface area (Å²) in [5, 5.41) is 0. The molecule has 1 aromatic carbocycles. The summed E-state index contributed by atoms with van der Waals surface area (Å²) in [6, 6.07) is 5.65. The van der Waals surface area contributed by atoms with Crippen molar-refractivity contribution in [3.05, 3.63) is 29.3 Å². The first-order valence-corrected chi connectivity index (χ1v) is 6.96. The molecule has 0 aromatic heterocycles. The molecule has 0 saturated heterocycles. The number of carbonyl (C=O) groups is 2. The quantitative estimate of drug-likeness (QED) is 0.567. The van der Waals surface area contributed by atoms with Gasteiger partial charge < -0.3 is 9.47 Å². The van der Waals surface area contributed by atoms with E-state index in [4.69, 9.17) is 9.47 Å². The Balaban J connectivity index is 2.31. The van der Waals surface area contributed by atoms with Gasteiger partial charge in [-0.3, -0.25) is 9.59 Å². The lowest BCUT2D eigenvalue weighted by atomic mass is 10.1. The molecule has 4 heteroatoms. The molecule has 0 aliphatic heterocycles. The Kier molecular flexibility index (Phi) is 6.77. The number of ether oxygens (including phenoxy) is 2. The summed E-state index contributed by atoms with van der Waals surface area (Å²) in [4.78, 5) is 22.9. The van der Waals surface area contributed by atoms with Crippen LogP contribution in [0.15, 0.2) is 18.2 Å². The van der Waals surface area contributed by atoms with Crippen molar-refractivity contribution in [3.63, 3.8) is 0 Å². The molecule has 0 unspecified atom stereocenters. The monoisotopic (exact) mass is 278 g/mol. The molecule has 20 heavy (non-hydrogen) atoms. The Hall–Kier alpha value is -1.84. The molecule has 4 nitrogen and oxygen atoms in total. The van der Waals surface area contributed by atoms with Crippen molar-refractivity contribution >= 4 is 11.9 Å². The predicted octanol–water partition coefficient (Wildman–Crippen LogP) is 3.33. The van der Waals surface area contributed by atoms with Crippen LogP contribution in [-0.4, -0.2) is 18.5 Å². The van der Waals surface area contributed by atoms with E-state index < -0.39 is 0 Å². The fraction of sp³-hybridized carbons (Fsp3) is 0.500. The Bertz CT molecular complexity index is 445. The molecule has 1 aromatic rings. The third-order valence-electron chi connectivity index (χ3n) is 2.66. The number of carbonyl (C=O) groups excluding carboxylic acids is 2. The lowest BCUT2D eigenvalue weighted by Crippen LogP contribution is -2.10. The average molecular weight is 278 g/mol. The molecule has 1 rings (SSSR count). The number of aryl methyl sites for hydroxylation is 2. The van der Waals surface area contributed by atoms with Crippen LogP contribution in [0.1, 0.15) is 43.7 Å². The second-order valence-corrected chi connectivity index (χ2v) is 4.87. The van der Waals surface area contributed by atoms with Crippen LogP contribution < -0.4 is 4.74 Å². The summed E-state index contributed by atoms with van der Waals surface area (Å²) in [5.74, 6) is -0.0228. The number of benzene rings is 1. The van der Waals surface area contributed by atoms with Gasteiger partial charge in [-0.05, 0) is 49.9 Å². The summed E-state index contributed by atoms with van der Waals surface area (Å²) >= 11 is 0. The number of rotatable bonds is 7. The van der Waals surface area contributed by atoms with Gasteiger partial charge >= 0.3 is 11.9 Å². The van der Waals surface area contributed by atoms with E-state index in [0.29, 0.717) is 18.8 Å². The van der Waals surface area contributed by atoms with E-state index in [0.717, 1.165) is 17.5 Å². The lowest BCUT2D eigenvalue weighted by Gasteiger charge is -2.06. The fourth-order valence-corrected chi connectivity index (χ4v) is 1.84. The zero-order valence-electron chi connectivity index (χ0n) is 12.4. The largest absolute Gasteiger partial charge is 0.466 e. The van der Waals surface area contributed by atoms with Crippen molar-refractivity contribution in [2.75, 3.05) is 6.61 Å². The minimum Gasteiger partial charge on any atom is -0.466 e. The first-order valence-electron chi connectivity index (χ1n) is 6.96. The highest BCUT2D eigenvalue weighted by atomic mass is 16.5. The van der Waals surface area contributed by atoms with Crippen LogP contribution in [-0.2, 0) is 14.3 Å². The van der Waals surface area contributed by atoms with E-state index in [1.165, 1.54) is 0 Å². The maximum absolute atomic E-state index is 11.7. The Morgan fingerprint density at radius 2 is 1.60 bits per heavy atom.